The van der Waals surface area contributed by atoms with Crippen molar-refractivity contribution in [3.8, 4) is 5.75 Å². The first kappa shape index (κ1) is 24.8. The number of para-hydroxylation sites is 2. The van der Waals surface area contributed by atoms with E-state index in [-0.39, 0.29) is 12.1 Å². The molecule has 0 aromatic heterocycles. The Hall–Kier alpha value is -3.83. The number of hydrogen-bond acceptors (Lipinski definition) is 4. The number of aliphatic carboxylic acids is 1. The Labute approximate surface area is 218 Å². The number of hydrogen-bond donors (Lipinski definition) is 2. The van der Waals surface area contributed by atoms with Crippen LogP contribution in [0.5, 0.6) is 5.75 Å². The van der Waals surface area contributed by atoms with E-state index >= 15 is 0 Å². The van der Waals surface area contributed by atoms with Gasteiger partial charge in [-0.3, -0.25) is 4.79 Å². The second-order valence-corrected chi connectivity index (χ2v) is 10.3. The third-order valence-electron chi connectivity index (χ3n) is 7.46. The number of carboxylic acids is 1. The molecule has 2 atom stereocenters. The van der Waals surface area contributed by atoms with Gasteiger partial charge in [0.1, 0.15) is 11.9 Å². The molecule has 0 spiro atoms. The number of carbonyl (C=O) groups is 1. The van der Waals surface area contributed by atoms with Crippen LogP contribution < -0.4 is 15.0 Å². The Balaban J connectivity index is 1.32. The van der Waals surface area contributed by atoms with Crippen LogP contribution in [0.2, 0.25) is 0 Å². The average molecular weight is 495 g/mol. The molecule has 37 heavy (non-hydrogen) atoms. The fourth-order valence-corrected chi connectivity index (χ4v) is 5.08. The molecule has 1 aliphatic rings. The number of rotatable bonds is 8. The second kappa shape index (κ2) is 10.3. The highest BCUT2D eigenvalue weighted by Crippen LogP contribution is 2.39. The average Bonchev–Trinajstić information content (AvgIpc) is 2.92. The van der Waals surface area contributed by atoms with Crippen LogP contribution in [-0.4, -0.2) is 30.3 Å². The lowest BCUT2D eigenvalue weighted by molar-refractivity contribution is -0.142. The summed E-state index contributed by atoms with van der Waals surface area (Å²) in [4.78, 5) is 14.1. The minimum atomic E-state index is -0.969. The highest BCUT2D eigenvalue weighted by atomic mass is 16.5. The molecule has 1 aliphatic heterocycles. The van der Waals surface area contributed by atoms with E-state index in [9.17, 15) is 9.90 Å². The number of anilines is 2. The van der Waals surface area contributed by atoms with Crippen molar-refractivity contribution in [3.05, 3.63) is 102 Å². The monoisotopic (exact) mass is 494 g/mol. The first-order chi connectivity index (χ1) is 17.8. The van der Waals surface area contributed by atoms with Crippen LogP contribution in [0, 0.1) is 0 Å². The molecule has 0 aliphatic carbocycles. The summed E-state index contributed by atoms with van der Waals surface area (Å²) < 4.78 is 6.40. The molecule has 0 amide bonds. The maximum Gasteiger partial charge on any atom is 0.313 e. The molecule has 4 aromatic rings. The number of nitrogens with zero attached hydrogens (tertiary/aromatic N) is 1. The molecule has 0 fully saturated rings. The summed E-state index contributed by atoms with van der Waals surface area (Å²) in [6.45, 7) is 7.21. The Bertz CT molecular complexity index is 1410. The van der Waals surface area contributed by atoms with Crippen molar-refractivity contribution in [3.63, 3.8) is 0 Å². The van der Waals surface area contributed by atoms with Crippen molar-refractivity contribution in [2.24, 2.45) is 0 Å². The van der Waals surface area contributed by atoms with Crippen molar-refractivity contribution >= 4 is 28.1 Å². The smallest absolute Gasteiger partial charge is 0.313 e. The van der Waals surface area contributed by atoms with E-state index in [1.807, 2.05) is 42.5 Å². The molecule has 190 valence electrons. The number of nitrogens with one attached hydrogen (secondary N) is 1. The lowest BCUT2D eigenvalue weighted by Gasteiger charge is -2.37. The summed E-state index contributed by atoms with van der Waals surface area (Å²) >= 11 is 0. The van der Waals surface area contributed by atoms with Gasteiger partial charge in [0.15, 0.2) is 0 Å². The van der Waals surface area contributed by atoms with Crippen molar-refractivity contribution in [1.82, 2.24) is 5.32 Å². The zero-order chi connectivity index (χ0) is 26.0. The highest BCUT2D eigenvalue weighted by Gasteiger charge is 2.31. The third kappa shape index (κ3) is 5.05. The Kier molecular flexibility index (Phi) is 6.90. The largest absolute Gasteiger partial charge is 0.486 e. The van der Waals surface area contributed by atoms with Gasteiger partial charge >= 0.3 is 5.97 Å². The third-order valence-corrected chi connectivity index (χ3v) is 7.46. The molecule has 4 aromatic carbocycles. The van der Waals surface area contributed by atoms with Crippen molar-refractivity contribution < 1.29 is 14.6 Å². The minimum Gasteiger partial charge on any atom is -0.486 e. The van der Waals surface area contributed by atoms with Crippen LogP contribution in [0.15, 0.2) is 91.0 Å². The molecule has 0 saturated heterocycles. The molecular weight excluding hydrogens is 460 g/mol. The van der Waals surface area contributed by atoms with Gasteiger partial charge in [-0.25, -0.2) is 0 Å². The lowest BCUT2D eigenvalue weighted by Crippen LogP contribution is -2.39. The van der Waals surface area contributed by atoms with Gasteiger partial charge in [-0.15, -0.1) is 0 Å². The molecule has 2 N–H and O–H groups in total. The summed E-state index contributed by atoms with van der Waals surface area (Å²) in [5, 5.41) is 16.0. The van der Waals surface area contributed by atoms with E-state index in [0.29, 0.717) is 6.54 Å². The summed E-state index contributed by atoms with van der Waals surface area (Å²) in [7, 11) is 0. The minimum absolute atomic E-state index is 0.00161. The quantitative estimate of drug-likeness (QED) is 0.281. The van der Waals surface area contributed by atoms with Gasteiger partial charge in [-0.2, -0.15) is 0 Å². The van der Waals surface area contributed by atoms with Gasteiger partial charge in [0, 0.05) is 11.7 Å². The van der Waals surface area contributed by atoms with Crippen LogP contribution in [-0.2, 0) is 10.2 Å². The van der Waals surface area contributed by atoms with E-state index in [0.717, 1.165) is 35.7 Å². The van der Waals surface area contributed by atoms with Crippen LogP contribution >= 0.6 is 0 Å². The molecule has 1 unspecified atom stereocenters. The highest BCUT2D eigenvalue weighted by molar-refractivity contribution is 5.86. The van der Waals surface area contributed by atoms with Gasteiger partial charge < -0.3 is 20.1 Å². The van der Waals surface area contributed by atoms with E-state index < -0.39 is 11.4 Å². The summed E-state index contributed by atoms with van der Waals surface area (Å²) in [5.74, 6) is 0.0139. The maximum absolute atomic E-state index is 11.9. The molecule has 5 heteroatoms. The summed E-state index contributed by atoms with van der Waals surface area (Å²) in [5.41, 5.74) is 3.09. The lowest BCUT2D eigenvalue weighted by atomic mass is 9.84. The molecule has 5 nitrogen and oxygen atoms in total. The fourth-order valence-electron chi connectivity index (χ4n) is 5.08. The predicted octanol–water partition coefficient (Wildman–Crippen LogP) is 6.84. The second-order valence-electron chi connectivity index (χ2n) is 10.3. The van der Waals surface area contributed by atoms with Crippen molar-refractivity contribution in [2.45, 2.75) is 44.8 Å². The fraction of sp³-hybridized carbons (Fsp3) is 0.281. The predicted molar refractivity (Wildman–Crippen MR) is 150 cm³/mol. The molecule has 1 heterocycles. The number of ether oxygens (including phenoxy) is 1. The van der Waals surface area contributed by atoms with E-state index in [4.69, 9.17) is 4.74 Å². The molecule has 0 radical (unpaired) electrons. The van der Waals surface area contributed by atoms with Crippen molar-refractivity contribution in [2.75, 3.05) is 18.0 Å². The van der Waals surface area contributed by atoms with E-state index in [2.05, 4.69) is 65.7 Å². The zero-order valence-electron chi connectivity index (χ0n) is 21.6. The van der Waals surface area contributed by atoms with Crippen molar-refractivity contribution in [1.29, 1.82) is 0 Å². The van der Waals surface area contributed by atoms with Gasteiger partial charge in [-0.1, -0.05) is 66.7 Å². The molecular formula is C32H34N2O3. The first-order valence-corrected chi connectivity index (χ1v) is 12.9. The van der Waals surface area contributed by atoms with Crippen LogP contribution in [0.4, 0.5) is 11.4 Å². The Morgan fingerprint density at radius 1 is 1.03 bits per heavy atom. The number of carboxylic acid groups (broad SMARTS) is 1. The van der Waals surface area contributed by atoms with Gasteiger partial charge in [-0.05, 0) is 79.9 Å². The molecule has 0 saturated carbocycles. The number of fused-ring (bicyclic) bond motifs is 2. The topological polar surface area (TPSA) is 61.8 Å². The number of benzene rings is 4. The molecule has 0 bridgehead atoms. The van der Waals surface area contributed by atoms with Gasteiger partial charge in [0.05, 0.1) is 17.6 Å². The summed E-state index contributed by atoms with van der Waals surface area (Å²) in [6.07, 6.45) is 0.846. The van der Waals surface area contributed by atoms with Gasteiger partial charge in [0.25, 0.3) is 0 Å². The Morgan fingerprint density at radius 3 is 2.59 bits per heavy atom. The van der Waals surface area contributed by atoms with Crippen LogP contribution in [0.3, 0.4) is 0 Å². The first-order valence-electron chi connectivity index (χ1n) is 12.9. The van der Waals surface area contributed by atoms with E-state index in [1.165, 1.54) is 16.3 Å². The standard InChI is InChI=1S/C32H34N2O3/c1-22(27-15-8-11-23-10-4-5-14-28(23)27)33-19-18-26-21-34(29-16-6-7-17-30(29)37-26)25-13-9-12-24(20-25)32(2,3)31(35)36/h4-17,20,22,26,33H,18-19,21H2,1-3H3,(H,35,36)/t22-,26?/m1/s1. The van der Waals surface area contributed by atoms with Crippen LogP contribution in [0.25, 0.3) is 10.8 Å². The van der Waals surface area contributed by atoms with Crippen LogP contribution in [0.1, 0.15) is 44.4 Å². The molecule has 5 rings (SSSR count). The van der Waals surface area contributed by atoms with E-state index in [1.54, 1.807) is 13.8 Å². The SMILES string of the molecule is C[C@@H](NCCC1CN(c2cccc(C(C)(C)C(=O)O)c2)c2ccccc2O1)c1cccc2ccccc12. The normalized spacial score (nSPS) is 16.2. The van der Waals surface area contributed by atoms with Gasteiger partial charge in [0.2, 0.25) is 0 Å². The Morgan fingerprint density at radius 2 is 1.76 bits per heavy atom. The zero-order valence-corrected chi connectivity index (χ0v) is 21.6. The maximum atomic E-state index is 11.9. The summed E-state index contributed by atoms with van der Waals surface area (Å²) in [6, 6.07) is 31.1.